The van der Waals surface area contributed by atoms with Crippen LogP contribution in [-0.2, 0) is 6.54 Å². The smallest absolute Gasteiger partial charge is 0.185 e. The van der Waals surface area contributed by atoms with Crippen molar-refractivity contribution in [3.8, 4) is 0 Å². The Morgan fingerprint density at radius 1 is 1.69 bits per heavy atom. The topological polar surface area (TPSA) is 45.4 Å². The molecule has 1 unspecified atom stereocenters. The van der Waals surface area contributed by atoms with Gasteiger partial charge in [-0.15, -0.1) is 11.3 Å². The molecule has 90 valence electrons. The molecule has 5 heteroatoms. The Labute approximate surface area is 101 Å². The van der Waals surface area contributed by atoms with Gasteiger partial charge in [0.15, 0.2) is 5.13 Å². The summed E-state index contributed by atoms with van der Waals surface area (Å²) in [6.45, 7) is 4.13. The van der Waals surface area contributed by atoms with Gasteiger partial charge in [0.05, 0.1) is 0 Å². The van der Waals surface area contributed by atoms with Gasteiger partial charge in [0.2, 0.25) is 0 Å². The maximum Gasteiger partial charge on any atom is 0.185 e. The summed E-state index contributed by atoms with van der Waals surface area (Å²) >= 11 is 1.70. The number of thiazole rings is 1. The summed E-state index contributed by atoms with van der Waals surface area (Å²) in [5, 5.41) is 1.09. The van der Waals surface area contributed by atoms with Gasteiger partial charge in [0.25, 0.3) is 0 Å². The van der Waals surface area contributed by atoms with Crippen molar-refractivity contribution in [1.29, 1.82) is 0 Å². The summed E-state index contributed by atoms with van der Waals surface area (Å²) in [5.41, 5.74) is 5.59. The van der Waals surface area contributed by atoms with E-state index in [1.54, 1.807) is 11.3 Å². The molecule has 0 aromatic carbocycles. The van der Waals surface area contributed by atoms with E-state index in [0.717, 1.165) is 22.5 Å². The molecule has 2 heterocycles. The largest absolute Gasteiger partial charge is 0.351 e. The number of rotatable bonds is 4. The third-order valence-corrected chi connectivity index (χ3v) is 4.22. The second kappa shape index (κ2) is 5.12. The summed E-state index contributed by atoms with van der Waals surface area (Å²) in [5.74, 6) is 0.778. The van der Waals surface area contributed by atoms with Crippen LogP contribution in [0.2, 0.25) is 0 Å². The molecule has 1 aromatic rings. The Balaban J connectivity index is 1.89. The number of anilines is 1. The lowest BCUT2D eigenvalue weighted by atomic mass is 10.1. The molecule has 1 atom stereocenters. The maximum absolute atomic E-state index is 5.59. The number of nitrogens with two attached hydrogens (primary N) is 1. The first kappa shape index (κ1) is 11.8. The van der Waals surface area contributed by atoms with Crippen LogP contribution in [0.15, 0.2) is 6.20 Å². The quantitative estimate of drug-likeness (QED) is 0.852. The fourth-order valence-corrected chi connectivity index (χ4v) is 2.97. The van der Waals surface area contributed by atoms with Gasteiger partial charge in [-0.25, -0.2) is 4.98 Å². The number of hydrogen-bond acceptors (Lipinski definition) is 5. The minimum absolute atomic E-state index is 0.595. The number of likely N-dealkylation sites (tertiary alicyclic amines) is 1. The van der Waals surface area contributed by atoms with Crippen molar-refractivity contribution in [1.82, 2.24) is 9.88 Å². The van der Waals surface area contributed by atoms with Gasteiger partial charge in [0, 0.05) is 37.8 Å². The van der Waals surface area contributed by atoms with Crippen molar-refractivity contribution in [2.75, 3.05) is 38.6 Å². The standard InChI is InChI=1S/C11H20N4S/c1-14-4-3-9(7-14)8-15(2)11-13-6-10(5-12)16-11/h6,9H,3-5,7-8,12H2,1-2H3. The van der Waals surface area contributed by atoms with E-state index in [4.69, 9.17) is 5.73 Å². The molecule has 0 bridgehead atoms. The normalized spacial score (nSPS) is 21.6. The summed E-state index contributed by atoms with van der Waals surface area (Å²) in [4.78, 5) is 10.2. The van der Waals surface area contributed by atoms with E-state index >= 15 is 0 Å². The SMILES string of the molecule is CN1CCC(CN(C)c2ncc(CN)s2)C1. The highest BCUT2D eigenvalue weighted by atomic mass is 32.1. The van der Waals surface area contributed by atoms with E-state index in [0.29, 0.717) is 6.54 Å². The molecular weight excluding hydrogens is 220 g/mol. The minimum atomic E-state index is 0.595. The molecule has 1 aliphatic rings. The highest BCUT2D eigenvalue weighted by Crippen LogP contribution is 2.23. The summed E-state index contributed by atoms with van der Waals surface area (Å²) < 4.78 is 0. The van der Waals surface area contributed by atoms with E-state index in [1.807, 2.05) is 6.20 Å². The van der Waals surface area contributed by atoms with Crippen LogP contribution in [0, 0.1) is 5.92 Å². The molecular formula is C11H20N4S. The average Bonchev–Trinajstić information content (AvgIpc) is 2.87. The van der Waals surface area contributed by atoms with Gasteiger partial charge in [-0.05, 0) is 25.9 Å². The first-order valence-corrected chi connectivity index (χ1v) is 6.55. The zero-order chi connectivity index (χ0) is 11.5. The summed E-state index contributed by atoms with van der Waals surface area (Å²) in [7, 11) is 4.31. The van der Waals surface area contributed by atoms with E-state index in [-0.39, 0.29) is 0 Å². The highest BCUT2D eigenvalue weighted by Gasteiger charge is 2.21. The number of aromatic nitrogens is 1. The first-order chi connectivity index (χ1) is 7.69. The Hall–Kier alpha value is -0.650. The molecule has 2 N–H and O–H groups in total. The zero-order valence-corrected chi connectivity index (χ0v) is 10.8. The van der Waals surface area contributed by atoms with Crippen molar-refractivity contribution in [3.63, 3.8) is 0 Å². The Kier molecular flexibility index (Phi) is 3.78. The minimum Gasteiger partial charge on any atom is -0.351 e. The first-order valence-electron chi connectivity index (χ1n) is 5.73. The van der Waals surface area contributed by atoms with Crippen molar-refractivity contribution in [3.05, 3.63) is 11.1 Å². The Morgan fingerprint density at radius 3 is 3.06 bits per heavy atom. The Bertz CT molecular complexity index is 338. The van der Waals surface area contributed by atoms with Gasteiger partial charge in [-0.2, -0.15) is 0 Å². The second-order valence-electron chi connectivity index (χ2n) is 4.61. The molecule has 2 rings (SSSR count). The molecule has 4 nitrogen and oxygen atoms in total. The molecule has 0 amide bonds. The lowest BCUT2D eigenvalue weighted by Crippen LogP contribution is -2.27. The fourth-order valence-electron chi connectivity index (χ4n) is 2.21. The van der Waals surface area contributed by atoms with Crippen LogP contribution in [0.4, 0.5) is 5.13 Å². The lowest BCUT2D eigenvalue weighted by Gasteiger charge is -2.20. The Morgan fingerprint density at radius 2 is 2.50 bits per heavy atom. The van der Waals surface area contributed by atoms with Crippen molar-refractivity contribution in [2.45, 2.75) is 13.0 Å². The van der Waals surface area contributed by atoms with Crippen LogP contribution in [0.5, 0.6) is 0 Å². The second-order valence-corrected chi connectivity index (χ2v) is 5.70. The van der Waals surface area contributed by atoms with Gasteiger partial charge in [0.1, 0.15) is 0 Å². The van der Waals surface area contributed by atoms with Crippen LogP contribution in [0.1, 0.15) is 11.3 Å². The molecule has 0 saturated carbocycles. The lowest BCUT2D eigenvalue weighted by molar-refractivity contribution is 0.396. The molecule has 16 heavy (non-hydrogen) atoms. The van der Waals surface area contributed by atoms with Crippen molar-refractivity contribution < 1.29 is 0 Å². The molecule has 0 aliphatic carbocycles. The van der Waals surface area contributed by atoms with E-state index in [9.17, 15) is 0 Å². The molecule has 0 radical (unpaired) electrons. The molecule has 1 fully saturated rings. The number of hydrogen-bond donors (Lipinski definition) is 1. The molecule has 1 aliphatic heterocycles. The molecule has 1 saturated heterocycles. The maximum atomic E-state index is 5.59. The highest BCUT2D eigenvalue weighted by molar-refractivity contribution is 7.15. The van der Waals surface area contributed by atoms with Crippen LogP contribution >= 0.6 is 11.3 Å². The van der Waals surface area contributed by atoms with Crippen LogP contribution in [0.25, 0.3) is 0 Å². The number of nitrogens with zero attached hydrogens (tertiary/aromatic N) is 3. The monoisotopic (exact) mass is 240 g/mol. The van der Waals surface area contributed by atoms with E-state index < -0.39 is 0 Å². The van der Waals surface area contributed by atoms with Crippen LogP contribution in [0.3, 0.4) is 0 Å². The summed E-state index contributed by atoms with van der Waals surface area (Å²) in [6.07, 6.45) is 3.19. The third kappa shape index (κ3) is 2.72. The molecule has 0 spiro atoms. The van der Waals surface area contributed by atoms with E-state index in [1.165, 1.54) is 19.5 Å². The van der Waals surface area contributed by atoms with Crippen LogP contribution in [-0.4, -0.2) is 43.6 Å². The van der Waals surface area contributed by atoms with Gasteiger partial charge in [-0.3, -0.25) is 0 Å². The van der Waals surface area contributed by atoms with Gasteiger partial charge >= 0.3 is 0 Å². The zero-order valence-electron chi connectivity index (χ0n) is 10.0. The van der Waals surface area contributed by atoms with Gasteiger partial charge < -0.3 is 15.5 Å². The van der Waals surface area contributed by atoms with Gasteiger partial charge in [-0.1, -0.05) is 0 Å². The predicted octanol–water partition coefficient (Wildman–Crippen LogP) is 0.990. The molecule has 1 aromatic heterocycles. The fraction of sp³-hybridized carbons (Fsp3) is 0.727. The van der Waals surface area contributed by atoms with Crippen molar-refractivity contribution >= 4 is 16.5 Å². The van der Waals surface area contributed by atoms with E-state index in [2.05, 4.69) is 28.9 Å². The third-order valence-electron chi connectivity index (χ3n) is 3.09. The van der Waals surface area contributed by atoms with Crippen LogP contribution < -0.4 is 10.6 Å². The van der Waals surface area contributed by atoms with Crippen molar-refractivity contribution in [2.24, 2.45) is 11.7 Å². The average molecular weight is 240 g/mol. The summed E-state index contributed by atoms with van der Waals surface area (Å²) in [6, 6.07) is 0. The predicted molar refractivity (Wildman–Crippen MR) is 68.9 cm³/mol.